The number of amides is 1. The van der Waals surface area contributed by atoms with Gasteiger partial charge in [0.25, 0.3) is 15.9 Å². The molecule has 0 radical (unpaired) electrons. The van der Waals surface area contributed by atoms with Crippen molar-refractivity contribution >= 4 is 33.0 Å². The van der Waals surface area contributed by atoms with Gasteiger partial charge in [-0.3, -0.25) is 9.52 Å². The lowest BCUT2D eigenvalue weighted by Crippen LogP contribution is -2.27. The van der Waals surface area contributed by atoms with Gasteiger partial charge in [0, 0.05) is 25.8 Å². The second-order valence-electron chi connectivity index (χ2n) is 7.78. The maximum atomic E-state index is 13.2. The number of hydrogen-bond acceptors (Lipinski definition) is 6. The van der Waals surface area contributed by atoms with E-state index in [-0.39, 0.29) is 10.8 Å². The fraction of sp³-hybridized carbons (Fsp3) is 0.364. The minimum Gasteiger partial charge on any atom is -0.495 e. The third kappa shape index (κ3) is 4.00. The first-order valence-corrected chi connectivity index (χ1v) is 12.6. The van der Waals surface area contributed by atoms with Crippen molar-refractivity contribution in [3.8, 4) is 16.5 Å². The second kappa shape index (κ2) is 8.59. The Kier molecular flexibility index (Phi) is 6.00. The van der Waals surface area contributed by atoms with E-state index in [0.29, 0.717) is 38.4 Å². The van der Waals surface area contributed by atoms with Crippen molar-refractivity contribution in [1.82, 2.24) is 14.5 Å². The molecule has 0 atom stereocenters. The monoisotopic (exact) mass is 474 g/mol. The topological polar surface area (TPSA) is 93.5 Å². The molecule has 0 unspecified atom stereocenters. The summed E-state index contributed by atoms with van der Waals surface area (Å²) >= 11 is 1.31. The Balaban J connectivity index is 1.69. The lowest BCUT2D eigenvalue weighted by Gasteiger charge is -2.13. The molecule has 170 valence electrons. The molecule has 1 aromatic carbocycles. The molecule has 0 spiro atoms. The van der Waals surface area contributed by atoms with E-state index in [1.807, 2.05) is 11.8 Å². The van der Waals surface area contributed by atoms with Crippen LogP contribution in [0, 0.1) is 13.8 Å². The molecule has 32 heavy (non-hydrogen) atoms. The summed E-state index contributed by atoms with van der Waals surface area (Å²) in [4.78, 5) is 20.1. The number of aromatic nitrogens is 2. The molecule has 0 saturated carbocycles. The van der Waals surface area contributed by atoms with E-state index < -0.39 is 10.0 Å². The van der Waals surface area contributed by atoms with Crippen LogP contribution >= 0.6 is 11.3 Å². The number of thiazole rings is 1. The molecular formula is C22H26N4O4S2. The molecular weight excluding hydrogens is 448 g/mol. The summed E-state index contributed by atoms with van der Waals surface area (Å²) in [5.41, 5.74) is 2.25. The quantitative estimate of drug-likeness (QED) is 0.586. The van der Waals surface area contributed by atoms with Crippen LogP contribution in [0.5, 0.6) is 5.75 Å². The number of nitrogens with one attached hydrogen (secondary N) is 1. The smallest absolute Gasteiger partial charge is 0.265 e. The number of para-hydroxylation sites is 2. The van der Waals surface area contributed by atoms with Gasteiger partial charge in [-0.25, -0.2) is 13.4 Å². The molecule has 1 amide bonds. The van der Waals surface area contributed by atoms with Crippen molar-refractivity contribution in [2.24, 2.45) is 7.05 Å². The van der Waals surface area contributed by atoms with E-state index in [2.05, 4.69) is 9.71 Å². The van der Waals surface area contributed by atoms with Crippen LogP contribution in [-0.4, -0.2) is 49.0 Å². The third-order valence-electron chi connectivity index (χ3n) is 5.73. The average Bonchev–Trinajstić information content (AvgIpc) is 3.49. The molecule has 1 fully saturated rings. The van der Waals surface area contributed by atoms with Crippen LogP contribution in [0.1, 0.15) is 33.9 Å². The number of carbonyl (C=O) groups is 1. The lowest BCUT2D eigenvalue weighted by molar-refractivity contribution is 0.0796. The summed E-state index contributed by atoms with van der Waals surface area (Å²) in [6.07, 6.45) is 2.04. The molecule has 0 aliphatic carbocycles. The predicted octanol–water partition coefficient (Wildman–Crippen LogP) is 3.81. The van der Waals surface area contributed by atoms with Crippen molar-refractivity contribution in [3.63, 3.8) is 0 Å². The molecule has 4 rings (SSSR count). The van der Waals surface area contributed by atoms with Crippen molar-refractivity contribution in [2.75, 3.05) is 24.9 Å². The lowest BCUT2D eigenvalue weighted by atomic mass is 10.3. The van der Waals surface area contributed by atoms with E-state index in [9.17, 15) is 13.2 Å². The number of methoxy groups -OCH3 is 1. The third-order valence-corrected chi connectivity index (χ3v) is 8.38. The Morgan fingerprint density at radius 1 is 1.19 bits per heavy atom. The number of likely N-dealkylation sites (tertiary alicyclic amines) is 1. The van der Waals surface area contributed by atoms with Gasteiger partial charge in [-0.15, -0.1) is 11.3 Å². The summed E-state index contributed by atoms with van der Waals surface area (Å²) < 4.78 is 36.0. The number of benzene rings is 1. The zero-order chi connectivity index (χ0) is 23.0. The van der Waals surface area contributed by atoms with Crippen LogP contribution in [0.2, 0.25) is 0 Å². The summed E-state index contributed by atoms with van der Waals surface area (Å²) in [7, 11) is -0.580. The van der Waals surface area contributed by atoms with Crippen LogP contribution in [0.4, 0.5) is 5.69 Å². The fourth-order valence-corrected chi connectivity index (χ4v) is 6.29. The zero-order valence-electron chi connectivity index (χ0n) is 18.5. The van der Waals surface area contributed by atoms with Crippen molar-refractivity contribution in [1.29, 1.82) is 0 Å². The molecule has 1 aliphatic rings. The second-order valence-corrected chi connectivity index (χ2v) is 10.4. The molecule has 1 saturated heterocycles. The summed E-state index contributed by atoms with van der Waals surface area (Å²) in [5, 5.41) is 0.620. The van der Waals surface area contributed by atoms with Gasteiger partial charge in [0.2, 0.25) is 0 Å². The first-order chi connectivity index (χ1) is 15.2. The summed E-state index contributed by atoms with van der Waals surface area (Å²) in [6.45, 7) is 5.11. The fourth-order valence-electron chi connectivity index (χ4n) is 3.85. The maximum absolute atomic E-state index is 13.2. The standard InChI is InChI=1S/C22H26N4O4S2/c1-14-20(22(27)26-11-7-8-12-26)31-21(23-14)17-13-19(15(2)25(17)3)32(28,29)24-16-9-5-6-10-18(16)30-4/h5-6,9-10,13,24H,7-8,11-12H2,1-4H3. The van der Waals surface area contributed by atoms with E-state index in [1.54, 1.807) is 48.9 Å². The normalized spacial score (nSPS) is 14.1. The first-order valence-electron chi connectivity index (χ1n) is 10.3. The molecule has 3 heterocycles. The molecule has 3 aromatic rings. The largest absolute Gasteiger partial charge is 0.495 e. The Morgan fingerprint density at radius 2 is 1.88 bits per heavy atom. The van der Waals surface area contributed by atoms with E-state index in [0.717, 1.165) is 25.9 Å². The van der Waals surface area contributed by atoms with Crippen molar-refractivity contribution in [3.05, 3.63) is 46.6 Å². The Morgan fingerprint density at radius 3 is 2.56 bits per heavy atom. The van der Waals surface area contributed by atoms with Gasteiger partial charge in [-0.05, 0) is 44.9 Å². The van der Waals surface area contributed by atoms with Gasteiger partial charge in [-0.2, -0.15) is 0 Å². The number of carbonyl (C=O) groups excluding carboxylic acids is 1. The van der Waals surface area contributed by atoms with E-state index >= 15 is 0 Å². The Labute approximate surface area is 191 Å². The van der Waals surface area contributed by atoms with Crippen molar-refractivity contribution in [2.45, 2.75) is 31.6 Å². The predicted molar refractivity (Wildman–Crippen MR) is 125 cm³/mol. The summed E-state index contributed by atoms with van der Waals surface area (Å²) in [6, 6.07) is 8.46. The van der Waals surface area contributed by atoms with Crippen LogP contribution in [0.25, 0.3) is 10.7 Å². The van der Waals surface area contributed by atoms with Gasteiger partial charge >= 0.3 is 0 Å². The highest BCUT2D eigenvalue weighted by Gasteiger charge is 2.27. The van der Waals surface area contributed by atoms with E-state index in [1.165, 1.54) is 18.4 Å². The molecule has 0 bridgehead atoms. The minimum absolute atomic E-state index is 0.000338. The van der Waals surface area contributed by atoms with Crippen LogP contribution in [0.3, 0.4) is 0 Å². The number of ether oxygens (including phenoxy) is 1. The highest BCUT2D eigenvalue weighted by Crippen LogP contribution is 2.34. The van der Waals surface area contributed by atoms with Gasteiger partial charge in [0.15, 0.2) is 0 Å². The first kappa shape index (κ1) is 22.3. The highest BCUT2D eigenvalue weighted by atomic mass is 32.2. The van der Waals surface area contributed by atoms with Crippen LogP contribution in [0.15, 0.2) is 35.2 Å². The number of nitrogens with zero attached hydrogens (tertiary/aromatic N) is 3. The van der Waals surface area contributed by atoms with Crippen LogP contribution < -0.4 is 9.46 Å². The zero-order valence-corrected chi connectivity index (χ0v) is 20.1. The molecule has 10 heteroatoms. The summed E-state index contributed by atoms with van der Waals surface area (Å²) in [5.74, 6) is 0.436. The number of hydrogen-bond donors (Lipinski definition) is 1. The van der Waals surface area contributed by atoms with Gasteiger partial charge in [0.05, 0.1) is 24.2 Å². The highest BCUT2D eigenvalue weighted by molar-refractivity contribution is 7.92. The number of sulfonamides is 1. The molecule has 8 nitrogen and oxygen atoms in total. The Hall–Kier alpha value is -2.85. The molecule has 2 aromatic heterocycles. The van der Waals surface area contributed by atoms with E-state index in [4.69, 9.17) is 4.74 Å². The number of anilines is 1. The maximum Gasteiger partial charge on any atom is 0.265 e. The number of rotatable bonds is 6. The van der Waals surface area contributed by atoms with Crippen molar-refractivity contribution < 1.29 is 17.9 Å². The van der Waals surface area contributed by atoms with Gasteiger partial charge < -0.3 is 14.2 Å². The SMILES string of the molecule is COc1ccccc1NS(=O)(=O)c1cc(-c2nc(C)c(C(=O)N3CCCC3)s2)n(C)c1C. The average molecular weight is 475 g/mol. The molecule has 1 N–H and O–H groups in total. The number of aryl methyl sites for hydroxylation is 1. The van der Waals surface area contributed by atoms with Gasteiger partial charge in [0.1, 0.15) is 20.5 Å². The van der Waals surface area contributed by atoms with Crippen LogP contribution in [-0.2, 0) is 17.1 Å². The van der Waals surface area contributed by atoms with Gasteiger partial charge in [-0.1, -0.05) is 12.1 Å². The molecule has 1 aliphatic heterocycles. The minimum atomic E-state index is -3.87. The Bertz CT molecular complexity index is 1270.